The number of carboxylic acids is 1. The monoisotopic (exact) mass is 369 g/mol. The minimum Gasteiger partial charge on any atom is -0.508 e. The molecule has 3 rings (SSSR count). The molecule has 0 saturated carbocycles. The number of hydrogen-bond acceptors (Lipinski definition) is 5. The van der Waals surface area contributed by atoms with Gasteiger partial charge in [0.1, 0.15) is 5.75 Å². The van der Waals surface area contributed by atoms with Crippen molar-refractivity contribution in [2.45, 2.75) is 31.7 Å². The molecule has 1 saturated heterocycles. The fourth-order valence-electron chi connectivity index (χ4n) is 3.10. The molecule has 142 valence electrons. The third kappa shape index (κ3) is 5.15. The second kappa shape index (κ2) is 9.30. The zero-order chi connectivity index (χ0) is 19.1. The summed E-state index contributed by atoms with van der Waals surface area (Å²) in [5.41, 5.74) is 1.40. The maximum Gasteiger partial charge on any atom is 0.303 e. The molecule has 0 bridgehead atoms. The molecule has 1 fully saturated rings. The average molecular weight is 369 g/mol. The minimum atomic E-state index is -0.811. The molecule has 0 radical (unpaired) electrons. The molecule has 0 amide bonds. The Bertz CT molecular complexity index is 777. The van der Waals surface area contributed by atoms with E-state index in [4.69, 9.17) is 14.6 Å². The first-order chi connectivity index (χ1) is 13.1. The third-order valence-electron chi connectivity index (χ3n) is 4.46. The molecule has 1 aliphatic rings. The summed E-state index contributed by atoms with van der Waals surface area (Å²) in [4.78, 5) is 14.9. The highest BCUT2D eigenvalue weighted by Gasteiger charge is 2.35. The van der Waals surface area contributed by atoms with Crippen LogP contribution in [0.5, 0.6) is 5.75 Å². The number of carboxylic acid groups (broad SMARTS) is 1. The Morgan fingerprint density at radius 3 is 2.74 bits per heavy atom. The normalized spacial score (nSPS) is 22.7. The lowest BCUT2D eigenvalue weighted by atomic mass is 9.91. The summed E-state index contributed by atoms with van der Waals surface area (Å²) in [6.07, 6.45) is 5.82. The Morgan fingerprint density at radius 2 is 2.00 bits per heavy atom. The molecule has 1 aromatic carbocycles. The molecule has 3 atom stereocenters. The molecule has 2 N–H and O–H groups in total. The van der Waals surface area contributed by atoms with Crippen molar-refractivity contribution >= 4 is 5.97 Å². The summed E-state index contributed by atoms with van der Waals surface area (Å²) < 4.78 is 12.0. The third-order valence-corrected chi connectivity index (χ3v) is 4.46. The van der Waals surface area contributed by atoms with Gasteiger partial charge < -0.3 is 19.7 Å². The molecule has 27 heavy (non-hydrogen) atoms. The number of phenolic OH excluding ortho intramolecular Hbond substituents is 1. The van der Waals surface area contributed by atoms with E-state index < -0.39 is 12.3 Å². The summed E-state index contributed by atoms with van der Waals surface area (Å²) in [7, 11) is 0. The smallest absolute Gasteiger partial charge is 0.303 e. The van der Waals surface area contributed by atoms with Crippen LogP contribution < -0.4 is 0 Å². The topological polar surface area (TPSA) is 88.9 Å². The highest BCUT2D eigenvalue weighted by molar-refractivity contribution is 5.66. The quantitative estimate of drug-likeness (QED) is 0.717. The van der Waals surface area contributed by atoms with Crippen LogP contribution in [0.25, 0.3) is 0 Å². The predicted molar refractivity (Wildman–Crippen MR) is 99.0 cm³/mol. The number of allylic oxidation sites excluding steroid dienone is 2. The van der Waals surface area contributed by atoms with E-state index >= 15 is 0 Å². The van der Waals surface area contributed by atoms with E-state index in [9.17, 15) is 9.90 Å². The van der Waals surface area contributed by atoms with Gasteiger partial charge in [0.2, 0.25) is 6.29 Å². The van der Waals surface area contributed by atoms with Crippen molar-refractivity contribution in [2.75, 3.05) is 6.61 Å². The maximum absolute atomic E-state index is 10.6. The van der Waals surface area contributed by atoms with Crippen molar-refractivity contribution in [3.05, 3.63) is 72.1 Å². The van der Waals surface area contributed by atoms with Gasteiger partial charge in [-0.3, -0.25) is 9.78 Å². The Kier molecular flexibility index (Phi) is 6.57. The van der Waals surface area contributed by atoms with Crippen molar-refractivity contribution < 1.29 is 24.5 Å². The lowest BCUT2D eigenvalue weighted by molar-refractivity contribution is -0.245. The molecule has 3 unspecified atom stereocenters. The predicted octanol–water partition coefficient (Wildman–Crippen LogP) is 4.00. The maximum atomic E-state index is 10.6. The first-order valence-corrected chi connectivity index (χ1v) is 8.98. The molecule has 2 aromatic rings. The van der Waals surface area contributed by atoms with Crippen LogP contribution in [0.2, 0.25) is 0 Å². The van der Waals surface area contributed by atoms with Crippen LogP contribution in [-0.2, 0) is 14.3 Å². The van der Waals surface area contributed by atoms with Gasteiger partial charge in [-0.2, -0.15) is 0 Å². The van der Waals surface area contributed by atoms with Gasteiger partial charge >= 0.3 is 5.97 Å². The number of aliphatic carboxylic acids is 1. The van der Waals surface area contributed by atoms with Crippen LogP contribution in [0.3, 0.4) is 0 Å². The molecule has 6 heteroatoms. The second-order valence-electron chi connectivity index (χ2n) is 6.43. The Hall–Kier alpha value is -2.70. The van der Waals surface area contributed by atoms with E-state index in [-0.39, 0.29) is 24.2 Å². The van der Waals surface area contributed by atoms with Crippen molar-refractivity contribution in [3.63, 3.8) is 0 Å². The van der Waals surface area contributed by atoms with Crippen molar-refractivity contribution in [1.29, 1.82) is 0 Å². The van der Waals surface area contributed by atoms with Crippen molar-refractivity contribution in [2.24, 2.45) is 5.92 Å². The average Bonchev–Trinajstić information content (AvgIpc) is 2.69. The largest absolute Gasteiger partial charge is 0.508 e. The number of aromatic hydroxyl groups is 1. The van der Waals surface area contributed by atoms with E-state index in [2.05, 4.69) is 4.98 Å². The zero-order valence-electron chi connectivity index (χ0n) is 14.9. The second-order valence-corrected chi connectivity index (χ2v) is 6.43. The van der Waals surface area contributed by atoms with Gasteiger partial charge in [0.05, 0.1) is 18.4 Å². The number of nitrogens with zero attached hydrogens (tertiary/aromatic N) is 1. The van der Waals surface area contributed by atoms with E-state index in [1.165, 1.54) is 0 Å². The summed E-state index contributed by atoms with van der Waals surface area (Å²) in [6.45, 7) is 0.448. The van der Waals surface area contributed by atoms with Gasteiger partial charge in [-0.25, -0.2) is 0 Å². The van der Waals surface area contributed by atoms with Crippen LogP contribution in [-0.4, -0.2) is 27.8 Å². The molecule has 0 spiro atoms. The molecule has 1 aliphatic heterocycles. The van der Waals surface area contributed by atoms with Gasteiger partial charge in [0.15, 0.2) is 0 Å². The fourth-order valence-corrected chi connectivity index (χ4v) is 3.10. The summed E-state index contributed by atoms with van der Waals surface area (Å²) in [6, 6.07) is 12.7. The number of para-hydroxylation sites is 1. The fraction of sp³-hybridized carbons (Fsp3) is 0.333. The first kappa shape index (κ1) is 19.1. The van der Waals surface area contributed by atoms with Crippen molar-refractivity contribution in [3.8, 4) is 5.75 Å². The van der Waals surface area contributed by atoms with Crippen LogP contribution >= 0.6 is 0 Å². The van der Waals surface area contributed by atoms with Gasteiger partial charge in [0.25, 0.3) is 0 Å². The molecular formula is C21H23NO5. The highest BCUT2D eigenvalue weighted by atomic mass is 16.7. The van der Waals surface area contributed by atoms with Crippen LogP contribution in [0.15, 0.2) is 60.8 Å². The van der Waals surface area contributed by atoms with Gasteiger partial charge in [-0.15, -0.1) is 0 Å². The Balaban J connectivity index is 1.74. The molecule has 6 nitrogen and oxygen atoms in total. The zero-order valence-corrected chi connectivity index (χ0v) is 14.9. The number of hydrogen-bond donors (Lipinski definition) is 2. The summed E-state index contributed by atoms with van der Waals surface area (Å²) in [5.74, 6) is -0.627. The first-order valence-electron chi connectivity index (χ1n) is 8.98. The van der Waals surface area contributed by atoms with E-state index in [0.29, 0.717) is 30.7 Å². The SMILES string of the molecule is O=C(O)CC/C=C\CC1COC(c2ccccn2)OC1c1ccccc1O. The standard InChI is InChI=1S/C21H23NO5/c23-18-11-5-4-9-16(18)20-15(8-2-1-3-12-19(24)25)14-26-21(27-20)17-10-6-7-13-22-17/h1-2,4-7,9-11,13,15,20-21,23H,3,8,12,14H2,(H,24,25)/b2-1-. The van der Waals surface area contributed by atoms with E-state index in [1.54, 1.807) is 18.3 Å². The van der Waals surface area contributed by atoms with Gasteiger partial charge in [0, 0.05) is 24.1 Å². The van der Waals surface area contributed by atoms with Crippen LogP contribution in [0.4, 0.5) is 0 Å². The number of ether oxygens (including phenoxy) is 2. The summed E-state index contributed by atoms with van der Waals surface area (Å²) in [5, 5.41) is 19.0. The summed E-state index contributed by atoms with van der Waals surface area (Å²) >= 11 is 0. The Labute approximate surface area is 158 Å². The lowest BCUT2D eigenvalue weighted by Crippen LogP contribution is -2.30. The van der Waals surface area contributed by atoms with E-state index in [0.717, 1.165) is 0 Å². The number of rotatable bonds is 7. The lowest BCUT2D eigenvalue weighted by Gasteiger charge is -2.36. The number of pyridine rings is 1. The molecule has 0 aliphatic carbocycles. The Morgan fingerprint density at radius 1 is 1.19 bits per heavy atom. The number of aromatic nitrogens is 1. The number of benzene rings is 1. The highest BCUT2D eigenvalue weighted by Crippen LogP contribution is 2.42. The minimum absolute atomic E-state index is 0.000611. The van der Waals surface area contributed by atoms with Crippen LogP contribution in [0, 0.1) is 5.92 Å². The van der Waals surface area contributed by atoms with Crippen LogP contribution in [0.1, 0.15) is 42.9 Å². The molecule has 1 aromatic heterocycles. The number of phenols is 1. The van der Waals surface area contributed by atoms with Crippen molar-refractivity contribution in [1.82, 2.24) is 4.98 Å². The van der Waals surface area contributed by atoms with E-state index in [1.807, 2.05) is 42.5 Å². The molecular weight excluding hydrogens is 346 g/mol. The van der Waals surface area contributed by atoms with Gasteiger partial charge in [-0.05, 0) is 31.0 Å². The molecule has 2 heterocycles. The number of carbonyl (C=O) groups is 1. The van der Waals surface area contributed by atoms with Gasteiger partial charge in [-0.1, -0.05) is 36.4 Å².